The third kappa shape index (κ3) is 5.48. The maximum Gasteiger partial charge on any atom is 0.457 e. The smallest absolute Gasteiger partial charge is 0.449 e. The molecule has 0 aliphatic heterocycles. The van der Waals surface area contributed by atoms with Gasteiger partial charge in [0.25, 0.3) is 0 Å². The van der Waals surface area contributed by atoms with E-state index in [0.717, 1.165) is 0 Å². The first kappa shape index (κ1) is 22.7. The normalized spacial score (nSPS) is 13.3. The molecule has 0 heterocycles. The van der Waals surface area contributed by atoms with E-state index in [1.165, 1.54) is 0 Å². The molecule has 0 saturated heterocycles. The quantitative estimate of drug-likeness (QED) is 0.470. The van der Waals surface area contributed by atoms with Gasteiger partial charge in [-0.15, -0.1) is 0 Å². The zero-order chi connectivity index (χ0) is 22.0. The first-order chi connectivity index (χ1) is 13.3. The molecule has 2 nitrogen and oxygen atoms in total. The Labute approximate surface area is 158 Å². The Morgan fingerprint density at radius 1 is 0.897 bits per heavy atom. The molecule has 0 fully saturated rings. The summed E-state index contributed by atoms with van der Waals surface area (Å²) in [4.78, 5) is 0. The second-order valence-electron chi connectivity index (χ2n) is 5.87. The van der Waals surface area contributed by atoms with E-state index in [2.05, 4.69) is 9.47 Å². The van der Waals surface area contributed by atoms with Crippen LogP contribution in [0.1, 0.15) is 24.5 Å². The third-order valence-electron chi connectivity index (χ3n) is 3.57. The van der Waals surface area contributed by atoms with Crippen LogP contribution in [0.2, 0.25) is 0 Å². The molecule has 0 radical (unpaired) electrons. The minimum Gasteiger partial charge on any atom is -0.449 e. The summed E-state index contributed by atoms with van der Waals surface area (Å²) in [6.07, 6.45) is -13.1. The Morgan fingerprint density at radius 2 is 1.48 bits per heavy atom. The third-order valence-corrected chi connectivity index (χ3v) is 3.57. The van der Waals surface area contributed by atoms with E-state index in [9.17, 15) is 39.5 Å². The van der Waals surface area contributed by atoms with E-state index in [0.29, 0.717) is 30.7 Å². The second-order valence-corrected chi connectivity index (χ2v) is 5.87. The highest BCUT2D eigenvalue weighted by molar-refractivity contribution is 5.35. The van der Waals surface area contributed by atoms with Gasteiger partial charge in [0.15, 0.2) is 11.6 Å². The van der Waals surface area contributed by atoms with E-state index in [4.69, 9.17) is 0 Å². The van der Waals surface area contributed by atoms with E-state index in [1.807, 2.05) is 0 Å². The lowest BCUT2D eigenvalue weighted by Gasteiger charge is -2.20. The molecule has 29 heavy (non-hydrogen) atoms. The number of hydrogen-bond acceptors (Lipinski definition) is 2. The molecule has 2 aromatic rings. The van der Waals surface area contributed by atoms with Crippen LogP contribution in [0.4, 0.5) is 39.5 Å². The monoisotopic (exact) mass is 432 g/mol. The zero-order valence-electron chi connectivity index (χ0n) is 14.6. The maximum atomic E-state index is 14.2. The Morgan fingerprint density at radius 3 is 1.97 bits per heavy atom. The van der Waals surface area contributed by atoms with Crippen LogP contribution in [0.5, 0.6) is 11.5 Å². The van der Waals surface area contributed by atoms with Gasteiger partial charge in [-0.1, -0.05) is 13.3 Å². The van der Waals surface area contributed by atoms with Crippen molar-refractivity contribution in [2.24, 2.45) is 0 Å². The van der Waals surface area contributed by atoms with Gasteiger partial charge in [0.1, 0.15) is 22.9 Å². The van der Waals surface area contributed by atoms with E-state index in [-0.39, 0.29) is 18.1 Å². The van der Waals surface area contributed by atoms with Crippen LogP contribution in [-0.2, 0) is 12.5 Å². The highest BCUT2D eigenvalue weighted by Gasteiger charge is 2.43. The highest BCUT2D eigenvalue weighted by atomic mass is 19.4. The number of rotatable bonds is 7. The van der Waals surface area contributed by atoms with E-state index < -0.39 is 53.2 Å². The van der Waals surface area contributed by atoms with Crippen molar-refractivity contribution in [2.75, 3.05) is 0 Å². The van der Waals surface area contributed by atoms with Crippen LogP contribution in [0, 0.1) is 17.5 Å². The van der Waals surface area contributed by atoms with Crippen LogP contribution in [-0.4, -0.2) is 12.5 Å². The number of aryl methyl sites for hydroxylation is 1. The summed E-state index contributed by atoms with van der Waals surface area (Å²) in [6, 6.07) is 2.49. The molecule has 2 rings (SSSR count). The summed E-state index contributed by atoms with van der Waals surface area (Å²) < 4.78 is 127. The largest absolute Gasteiger partial charge is 0.457 e. The molecular weight excluding hydrogens is 419 g/mol. The number of alkyl halides is 6. The summed E-state index contributed by atoms with van der Waals surface area (Å²) >= 11 is 0. The van der Waals surface area contributed by atoms with Gasteiger partial charge < -0.3 is 9.47 Å². The fourth-order valence-corrected chi connectivity index (χ4v) is 2.35. The SMILES string of the molecule is CCCc1cc(F)c(C(F)(F)Oc2ccc(OC(F)C(F)(F)F)c(F)c2)c(F)c1. The molecule has 0 N–H and O–H groups in total. The van der Waals surface area contributed by atoms with Gasteiger partial charge in [-0.25, -0.2) is 13.2 Å². The first-order valence-corrected chi connectivity index (χ1v) is 8.07. The minimum absolute atomic E-state index is 0.139. The summed E-state index contributed by atoms with van der Waals surface area (Å²) in [5.41, 5.74) is -1.58. The van der Waals surface area contributed by atoms with Crippen molar-refractivity contribution < 1.29 is 49.0 Å². The number of benzene rings is 2. The van der Waals surface area contributed by atoms with Crippen molar-refractivity contribution in [3.63, 3.8) is 0 Å². The fraction of sp³-hybridized carbons (Fsp3) is 0.333. The fourth-order valence-electron chi connectivity index (χ4n) is 2.35. The molecule has 0 aliphatic carbocycles. The molecule has 2 aromatic carbocycles. The Kier molecular flexibility index (Phi) is 6.59. The molecule has 0 spiro atoms. The van der Waals surface area contributed by atoms with Gasteiger partial charge >= 0.3 is 18.6 Å². The standard InChI is InChI=1S/C18H13F9O2/c1-2-3-9-6-12(20)15(13(21)7-9)18(26,27)29-10-4-5-14(11(19)8-10)28-16(22)17(23,24)25/h4-8,16H,2-3H2,1H3. The molecule has 1 unspecified atom stereocenters. The van der Waals surface area contributed by atoms with E-state index >= 15 is 0 Å². The minimum atomic E-state index is -5.44. The zero-order valence-corrected chi connectivity index (χ0v) is 14.6. The lowest BCUT2D eigenvalue weighted by atomic mass is 10.1. The van der Waals surface area contributed by atoms with Crippen molar-refractivity contribution in [1.29, 1.82) is 0 Å². The Balaban J connectivity index is 2.26. The molecule has 1 atom stereocenters. The van der Waals surface area contributed by atoms with Crippen molar-refractivity contribution in [2.45, 2.75) is 38.4 Å². The Bertz CT molecular complexity index is 842. The molecule has 0 aliphatic rings. The molecule has 0 amide bonds. The second kappa shape index (κ2) is 8.42. The number of ether oxygens (including phenoxy) is 2. The predicted octanol–water partition coefficient (Wildman–Crippen LogP) is 6.42. The van der Waals surface area contributed by atoms with Crippen molar-refractivity contribution in [3.8, 4) is 11.5 Å². The summed E-state index contributed by atoms with van der Waals surface area (Å²) in [5.74, 6) is -7.07. The van der Waals surface area contributed by atoms with Crippen LogP contribution >= 0.6 is 0 Å². The van der Waals surface area contributed by atoms with Crippen LogP contribution in [0.25, 0.3) is 0 Å². The molecule has 160 valence electrons. The molecule has 0 aromatic heterocycles. The Hall–Kier alpha value is -2.59. The van der Waals surface area contributed by atoms with Gasteiger partial charge in [-0.3, -0.25) is 0 Å². The van der Waals surface area contributed by atoms with Crippen LogP contribution in [0.3, 0.4) is 0 Å². The van der Waals surface area contributed by atoms with Crippen LogP contribution in [0.15, 0.2) is 30.3 Å². The van der Waals surface area contributed by atoms with E-state index in [1.54, 1.807) is 6.92 Å². The lowest BCUT2D eigenvalue weighted by Crippen LogP contribution is -2.30. The van der Waals surface area contributed by atoms with Crippen molar-refractivity contribution >= 4 is 0 Å². The van der Waals surface area contributed by atoms with Gasteiger partial charge in [0, 0.05) is 6.07 Å². The summed E-state index contributed by atoms with van der Waals surface area (Å²) in [5, 5.41) is 0. The van der Waals surface area contributed by atoms with Crippen molar-refractivity contribution in [3.05, 3.63) is 58.9 Å². The average Bonchev–Trinajstić information content (AvgIpc) is 2.55. The van der Waals surface area contributed by atoms with Gasteiger partial charge in [0.2, 0.25) is 0 Å². The molecule has 0 bridgehead atoms. The highest BCUT2D eigenvalue weighted by Crippen LogP contribution is 2.37. The van der Waals surface area contributed by atoms with Gasteiger partial charge in [-0.2, -0.15) is 26.3 Å². The molecule has 11 heteroatoms. The number of hydrogen-bond donors (Lipinski definition) is 0. The number of halogens is 9. The topological polar surface area (TPSA) is 18.5 Å². The maximum absolute atomic E-state index is 14.2. The van der Waals surface area contributed by atoms with Crippen LogP contribution < -0.4 is 9.47 Å². The molecule has 0 saturated carbocycles. The molecular formula is C18H13F9O2. The predicted molar refractivity (Wildman–Crippen MR) is 82.9 cm³/mol. The first-order valence-electron chi connectivity index (χ1n) is 8.07. The van der Waals surface area contributed by atoms with Gasteiger partial charge in [0.05, 0.1) is 0 Å². The average molecular weight is 432 g/mol. The summed E-state index contributed by atoms with van der Waals surface area (Å²) in [6.45, 7) is 1.71. The lowest BCUT2D eigenvalue weighted by molar-refractivity contribution is -0.237. The summed E-state index contributed by atoms with van der Waals surface area (Å²) in [7, 11) is 0. The van der Waals surface area contributed by atoms with Crippen molar-refractivity contribution in [1.82, 2.24) is 0 Å². The van der Waals surface area contributed by atoms with Gasteiger partial charge in [-0.05, 0) is 36.2 Å².